The number of nitrogens with one attached hydrogen (secondary N) is 2. The summed E-state index contributed by atoms with van der Waals surface area (Å²) in [5.74, 6) is 0.608. The van der Waals surface area contributed by atoms with E-state index in [0.717, 1.165) is 37.9 Å². The third-order valence-corrected chi connectivity index (χ3v) is 2.79. The summed E-state index contributed by atoms with van der Waals surface area (Å²) >= 11 is 5.18. The van der Waals surface area contributed by atoms with Crippen LogP contribution in [0.4, 0.5) is 0 Å². The molecule has 1 heterocycles. The van der Waals surface area contributed by atoms with Crippen LogP contribution in [0.1, 0.15) is 13.8 Å². The second-order valence-electron chi connectivity index (χ2n) is 4.74. The first kappa shape index (κ1) is 13.7. The molecule has 0 aromatic heterocycles. The molecule has 16 heavy (non-hydrogen) atoms. The summed E-state index contributed by atoms with van der Waals surface area (Å²) < 4.78 is 5.63. The van der Waals surface area contributed by atoms with E-state index in [4.69, 9.17) is 17.0 Å². The van der Waals surface area contributed by atoms with E-state index < -0.39 is 0 Å². The molecule has 1 rings (SSSR count). The van der Waals surface area contributed by atoms with Crippen molar-refractivity contribution in [3.05, 3.63) is 0 Å². The molecule has 4 nitrogen and oxygen atoms in total. The van der Waals surface area contributed by atoms with Crippen molar-refractivity contribution < 1.29 is 4.74 Å². The Balaban J connectivity index is 2.11. The molecule has 1 atom stereocenters. The Kier molecular flexibility index (Phi) is 6.01. The van der Waals surface area contributed by atoms with Gasteiger partial charge in [0.1, 0.15) is 0 Å². The second kappa shape index (κ2) is 7.04. The van der Waals surface area contributed by atoms with Crippen molar-refractivity contribution in [2.24, 2.45) is 5.92 Å². The minimum atomic E-state index is 0.248. The van der Waals surface area contributed by atoms with Gasteiger partial charge in [-0.15, -0.1) is 0 Å². The van der Waals surface area contributed by atoms with Crippen LogP contribution in [0, 0.1) is 5.92 Å². The van der Waals surface area contributed by atoms with Crippen molar-refractivity contribution in [3.63, 3.8) is 0 Å². The minimum Gasteiger partial charge on any atom is -0.374 e. The third kappa shape index (κ3) is 5.63. The Morgan fingerprint density at radius 2 is 2.25 bits per heavy atom. The van der Waals surface area contributed by atoms with Crippen LogP contribution < -0.4 is 10.6 Å². The Labute approximate surface area is 104 Å². The second-order valence-corrected chi connectivity index (χ2v) is 5.15. The summed E-state index contributed by atoms with van der Waals surface area (Å²) in [4.78, 5) is 2.28. The van der Waals surface area contributed by atoms with E-state index in [0.29, 0.717) is 5.92 Å². The molecule has 0 saturated carbocycles. The van der Waals surface area contributed by atoms with E-state index in [1.807, 2.05) is 0 Å². The monoisotopic (exact) mass is 245 g/mol. The van der Waals surface area contributed by atoms with Gasteiger partial charge in [-0.25, -0.2) is 0 Å². The molecule has 1 saturated heterocycles. The highest BCUT2D eigenvalue weighted by Gasteiger charge is 2.17. The molecule has 0 aromatic carbocycles. The number of rotatable bonds is 4. The maximum atomic E-state index is 5.63. The molecule has 0 spiro atoms. The fourth-order valence-corrected chi connectivity index (χ4v) is 1.72. The third-order valence-electron chi connectivity index (χ3n) is 2.50. The Hall–Kier alpha value is -0.390. The van der Waals surface area contributed by atoms with Gasteiger partial charge < -0.3 is 20.3 Å². The predicted molar refractivity (Wildman–Crippen MR) is 70.7 cm³/mol. The highest BCUT2D eigenvalue weighted by atomic mass is 32.1. The summed E-state index contributed by atoms with van der Waals surface area (Å²) in [7, 11) is 2.12. The van der Waals surface area contributed by atoms with Crippen LogP contribution in [0.5, 0.6) is 0 Å². The number of morpholine rings is 1. The molecule has 0 aliphatic carbocycles. The summed E-state index contributed by atoms with van der Waals surface area (Å²) in [6, 6.07) is 0. The summed E-state index contributed by atoms with van der Waals surface area (Å²) in [5.41, 5.74) is 0. The van der Waals surface area contributed by atoms with Crippen LogP contribution in [-0.2, 0) is 4.74 Å². The van der Waals surface area contributed by atoms with Crippen molar-refractivity contribution in [3.8, 4) is 0 Å². The molecule has 2 N–H and O–H groups in total. The lowest BCUT2D eigenvalue weighted by Gasteiger charge is -2.30. The zero-order chi connectivity index (χ0) is 12.0. The number of nitrogens with zero attached hydrogens (tertiary/aromatic N) is 1. The van der Waals surface area contributed by atoms with E-state index in [1.165, 1.54) is 0 Å². The molecule has 1 aliphatic heterocycles. The number of ether oxygens (including phenoxy) is 1. The fourth-order valence-electron chi connectivity index (χ4n) is 1.56. The molecule has 0 radical (unpaired) electrons. The van der Waals surface area contributed by atoms with Gasteiger partial charge in [0, 0.05) is 26.2 Å². The average Bonchev–Trinajstić information content (AvgIpc) is 2.23. The van der Waals surface area contributed by atoms with E-state index in [2.05, 4.69) is 36.4 Å². The van der Waals surface area contributed by atoms with E-state index in [1.54, 1.807) is 0 Å². The van der Waals surface area contributed by atoms with Crippen LogP contribution in [0.15, 0.2) is 0 Å². The molecule has 5 heteroatoms. The first-order chi connectivity index (χ1) is 7.58. The molecule has 1 aliphatic rings. The largest absolute Gasteiger partial charge is 0.374 e. The summed E-state index contributed by atoms with van der Waals surface area (Å²) in [5, 5.41) is 7.11. The van der Waals surface area contributed by atoms with Crippen molar-refractivity contribution in [1.29, 1.82) is 0 Å². The Bertz CT molecular complexity index is 223. The van der Waals surface area contributed by atoms with Crippen molar-refractivity contribution >= 4 is 17.3 Å². The first-order valence-electron chi connectivity index (χ1n) is 5.89. The number of hydrogen-bond acceptors (Lipinski definition) is 3. The molecule has 0 amide bonds. The fraction of sp³-hybridized carbons (Fsp3) is 0.909. The average molecular weight is 245 g/mol. The molecule has 0 bridgehead atoms. The van der Waals surface area contributed by atoms with Crippen molar-refractivity contribution in [1.82, 2.24) is 15.5 Å². The predicted octanol–water partition coefficient (Wildman–Crippen LogP) is 0.437. The lowest BCUT2D eigenvalue weighted by atomic mass is 10.2. The lowest BCUT2D eigenvalue weighted by molar-refractivity contribution is -0.0160. The van der Waals surface area contributed by atoms with Gasteiger partial charge in [0.2, 0.25) is 0 Å². The molecular formula is C11H23N3OS. The van der Waals surface area contributed by atoms with Gasteiger partial charge in [-0.3, -0.25) is 0 Å². The van der Waals surface area contributed by atoms with Crippen LogP contribution in [-0.4, -0.2) is 55.9 Å². The standard InChI is InChI=1S/C11H23N3OS/c1-9(2)6-12-11(16)13-7-10-8-14(3)4-5-15-10/h9-10H,4-8H2,1-3H3,(H2,12,13,16). The smallest absolute Gasteiger partial charge is 0.166 e. The Morgan fingerprint density at radius 1 is 1.50 bits per heavy atom. The summed E-state index contributed by atoms with van der Waals surface area (Å²) in [6.07, 6.45) is 0.248. The quantitative estimate of drug-likeness (QED) is 0.703. The molecule has 1 unspecified atom stereocenters. The van der Waals surface area contributed by atoms with Gasteiger partial charge in [-0.1, -0.05) is 13.8 Å². The van der Waals surface area contributed by atoms with Crippen LogP contribution >= 0.6 is 12.2 Å². The first-order valence-corrected chi connectivity index (χ1v) is 6.30. The highest BCUT2D eigenvalue weighted by molar-refractivity contribution is 7.80. The van der Waals surface area contributed by atoms with Gasteiger partial charge in [0.15, 0.2) is 5.11 Å². The maximum Gasteiger partial charge on any atom is 0.166 e. The van der Waals surface area contributed by atoms with E-state index >= 15 is 0 Å². The zero-order valence-electron chi connectivity index (χ0n) is 10.5. The minimum absolute atomic E-state index is 0.248. The van der Waals surface area contributed by atoms with Crippen LogP contribution in [0.25, 0.3) is 0 Å². The van der Waals surface area contributed by atoms with Crippen LogP contribution in [0.2, 0.25) is 0 Å². The van der Waals surface area contributed by atoms with Gasteiger partial charge in [0.05, 0.1) is 12.7 Å². The molecule has 1 fully saturated rings. The van der Waals surface area contributed by atoms with Crippen LogP contribution in [0.3, 0.4) is 0 Å². The maximum absolute atomic E-state index is 5.63. The molecular weight excluding hydrogens is 222 g/mol. The highest BCUT2D eigenvalue weighted by Crippen LogP contribution is 2.01. The van der Waals surface area contributed by atoms with E-state index in [9.17, 15) is 0 Å². The van der Waals surface area contributed by atoms with Gasteiger partial charge in [-0.2, -0.15) is 0 Å². The van der Waals surface area contributed by atoms with Crippen molar-refractivity contribution in [2.45, 2.75) is 20.0 Å². The lowest BCUT2D eigenvalue weighted by Crippen LogP contribution is -2.48. The topological polar surface area (TPSA) is 36.5 Å². The zero-order valence-corrected chi connectivity index (χ0v) is 11.3. The normalized spacial score (nSPS) is 22.1. The van der Waals surface area contributed by atoms with Gasteiger partial charge in [-0.05, 0) is 25.2 Å². The van der Waals surface area contributed by atoms with Gasteiger partial charge >= 0.3 is 0 Å². The SMILES string of the molecule is CC(C)CNC(=S)NCC1CN(C)CCO1. The Morgan fingerprint density at radius 3 is 2.88 bits per heavy atom. The number of thiocarbonyl (C=S) groups is 1. The van der Waals surface area contributed by atoms with E-state index in [-0.39, 0.29) is 6.10 Å². The molecule has 94 valence electrons. The van der Waals surface area contributed by atoms with Crippen molar-refractivity contribution in [2.75, 3.05) is 39.8 Å². The number of hydrogen-bond donors (Lipinski definition) is 2. The number of likely N-dealkylation sites (N-methyl/N-ethyl adjacent to an activating group) is 1. The summed E-state index contributed by atoms with van der Waals surface area (Å²) in [6.45, 7) is 8.83. The van der Waals surface area contributed by atoms with Gasteiger partial charge in [0.25, 0.3) is 0 Å². The molecule has 0 aromatic rings.